The van der Waals surface area contributed by atoms with Crippen molar-refractivity contribution in [2.75, 3.05) is 17.7 Å². The van der Waals surface area contributed by atoms with Crippen LogP contribution in [0.2, 0.25) is 0 Å². The van der Waals surface area contributed by atoms with Crippen molar-refractivity contribution in [3.63, 3.8) is 0 Å². The fraction of sp³-hybridized carbons (Fsp3) is 0.333. The number of carboxylic acids is 1. The predicted molar refractivity (Wildman–Crippen MR) is 67.5 cm³/mol. The molecule has 104 valence electrons. The van der Waals surface area contributed by atoms with Gasteiger partial charge < -0.3 is 20.9 Å². The van der Waals surface area contributed by atoms with Crippen LogP contribution in [0.5, 0.6) is 0 Å². The molecule has 4 N–H and O–H groups in total. The highest BCUT2D eigenvalue weighted by Gasteiger charge is 2.18. The Kier molecular flexibility index (Phi) is 4.68. The Morgan fingerprint density at radius 2 is 2.16 bits per heavy atom. The molecule has 6 nitrogen and oxygen atoms in total. The average Bonchev–Trinajstić information content (AvgIpc) is 2.33. The number of carbonyl (C=O) groups excluding carboxylic acids is 1. The SMILES string of the molecule is CCOC(=O)C(C)Nc1cc(F)c(C(=O)O)cc1N. The highest BCUT2D eigenvalue weighted by atomic mass is 19.1. The number of carbonyl (C=O) groups is 2. The van der Waals surface area contributed by atoms with Crippen LogP contribution < -0.4 is 11.1 Å². The van der Waals surface area contributed by atoms with Crippen LogP contribution in [-0.4, -0.2) is 29.7 Å². The molecule has 0 saturated heterocycles. The van der Waals surface area contributed by atoms with Crippen molar-refractivity contribution >= 4 is 23.3 Å². The third-order valence-corrected chi connectivity index (χ3v) is 2.38. The van der Waals surface area contributed by atoms with Crippen LogP contribution in [0.1, 0.15) is 24.2 Å². The summed E-state index contributed by atoms with van der Waals surface area (Å²) in [6.45, 7) is 3.42. The van der Waals surface area contributed by atoms with Crippen LogP contribution in [0.4, 0.5) is 15.8 Å². The molecule has 19 heavy (non-hydrogen) atoms. The molecule has 0 aliphatic rings. The molecule has 0 aliphatic carbocycles. The minimum absolute atomic E-state index is 0.0370. The second kappa shape index (κ2) is 6.03. The lowest BCUT2D eigenvalue weighted by atomic mass is 10.1. The Morgan fingerprint density at radius 1 is 1.53 bits per heavy atom. The molecule has 7 heteroatoms. The van der Waals surface area contributed by atoms with E-state index >= 15 is 0 Å². The number of anilines is 2. The van der Waals surface area contributed by atoms with Crippen molar-refractivity contribution in [3.05, 3.63) is 23.5 Å². The average molecular weight is 270 g/mol. The zero-order chi connectivity index (χ0) is 14.6. The van der Waals surface area contributed by atoms with Gasteiger partial charge >= 0.3 is 11.9 Å². The maximum atomic E-state index is 13.5. The van der Waals surface area contributed by atoms with Gasteiger partial charge in [-0.2, -0.15) is 0 Å². The Balaban J connectivity index is 2.94. The van der Waals surface area contributed by atoms with Crippen molar-refractivity contribution in [2.45, 2.75) is 19.9 Å². The number of esters is 1. The minimum atomic E-state index is -1.41. The van der Waals surface area contributed by atoms with E-state index in [0.29, 0.717) is 0 Å². The number of benzene rings is 1. The van der Waals surface area contributed by atoms with E-state index in [2.05, 4.69) is 5.32 Å². The number of halogens is 1. The lowest BCUT2D eigenvalue weighted by Crippen LogP contribution is -2.28. The maximum Gasteiger partial charge on any atom is 0.338 e. The van der Waals surface area contributed by atoms with E-state index in [1.54, 1.807) is 6.92 Å². The summed E-state index contributed by atoms with van der Waals surface area (Å²) in [7, 11) is 0. The zero-order valence-corrected chi connectivity index (χ0v) is 10.6. The van der Waals surface area contributed by atoms with Gasteiger partial charge in [0.05, 0.1) is 23.5 Å². The van der Waals surface area contributed by atoms with E-state index in [-0.39, 0.29) is 18.0 Å². The normalized spacial score (nSPS) is 11.7. The number of nitrogen functional groups attached to an aromatic ring is 1. The van der Waals surface area contributed by atoms with E-state index in [1.807, 2.05) is 0 Å². The lowest BCUT2D eigenvalue weighted by molar-refractivity contribution is -0.143. The summed E-state index contributed by atoms with van der Waals surface area (Å²) in [5.41, 5.74) is 5.26. The molecular formula is C12H15FN2O4. The molecule has 0 fully saturated rings. The number of ether oxygens (including phenoxy) is 1. The smallest absolute Gasteiger partial charge is 0.338 e. The Hall–Kier alpha value is -2.31. The Labute approximate surface area is 109 Å². The van der Waals surface area contributed by atoms with Gasteiger partial charge in [0, 0.05) is 0 Å². The molecule has 0 radical (unpaired) electrons. The van der Waals surface area contributed by atoms with Crippen LogP contribution in [0.15, 0.2) is 12.1 Å². The van der Waals surface area contributed by atoms with Crippen LogP contribution in [0.25, 0.3) is 0 Å². The van der Waals surface area contributed by atoms with Crippen LogP contribution in [0, 0.1) is 5.82 Å². The van der Waals surface area contributed by atoms with Gasteiger partial charge in [-0.3, -0.25) is 0 Å². The van der Waals surface area contributed by atoms with Gasteiger partial charge in [-0.15, -0.1) is 0 Å². The minimum Gasteiger partial charge on any atom is -0.478 e. The first-order chi connectivity index (χ1) is 8.86. The summed E-state index contributed by atoms with van der Waals surface area (Å²) >= 11 is 0. The maximum absolute atomic E-state index is 13.5. The van der Waals surface area contributed by atoms with Crippen LogP contribution in [-0.2, 0) is 9.53 Å². The van der Waals surface area contributed by atoms with Gasteiger partial charge in [-0.05, 0) is 26.0 Å². The molecule has 0 spiro atoms. The highest BCUT2D eigenvalue weighted by molar-refractivity contribution is 5.91. The number of hydrogen-bond donors (Lipinski definition) is 3. The summed E-state index contributed by atoms with van der Waals surface area (Å²) in [6.07, 6.45) is 0. The molecule has 0 bridgehead atoms. The standard InChI is InChI=1S/C12H15FN2O4/c1-3-19-12(18)6(2)15-10-5-8(13)7(11(16)17)4-9(10)14/h4-6,15H,3,14H2,1-2H3,(H,16,17). The number of nitrogens with one attached hydrogen (secondary N) is 1. The molecule has 0 aliphatic heterocycles. The molecule has 1 atom stereocenters. The van der Waals surface area contributed by atoms with Gasteiger partial charge in [0.2, 0.25) is 0 Å². The summed E-state index contributed by atoms with van der Waals surface area (Å²) in [5.74, 6) is -2.85. The highest BCUT2D eigenvalue weighted by Crippen LogP contribution is 2.24. The summed E-state index contributed by atoms with van der Waals surface area (Å²) in [4.78, 5) is 22.1. The Bertz CT molecular complexity index is 505. The molecule has 1 aromatic rings. The zero-order valence-electron chi connectivity index (χ0n) is 10.6. The lowest BCUT2D eigenvalue weighted by Gasteiger charge is -2.16. The Morgan fingerprint density at radius 3 is 2.68 bits per heavy atom. The van der Waals surface area contributed by atoms with Gasteiger partial charge in [0.25, 0.3) is 0 Å². The number of hydrogen-bond acceptors (Lipinski definition) is 5. The molecule has 0 heterocycles. The van der Waals surface area contributed by atoms with Crippen LogP contribution >= 0.6 is 0 Å². The molecule has 0 amide bonds. The summed E-state index contributed by atoms with van der Waals surface area (Å²) in [5, 5.41) is 11.4. The molecule has 1 unspecified atom stereocenters. The van der Waals surface area contributed by atoms with E-state index in [0.717, 1.165) is 12.1 Å². The third kappa shape index (κ3) is 3.57. The van der Waals surface area contributed by atoms with E-state index in [1.165, 1.54) is 6.92 Å². The predicted octanol–water partition coefficient (Wildman–Crippen LogP) is 1.47. The van der Waals surface area contributed by atoms with Crippen molar-refractivity contribution in [1.29, 1.82) is 0 Å². The summed E-state index contributed by atoms with van der Waals surface area (Å²) < 4.78 is 18.3. The molecular weight excluding hydrogens is 255 g/mol. The van der Waals surface area contributed by atoms with Gasteiger partial charge in [-0.25, -0.2) is 14.0 Å². The molecule has 1 aromatic carbocycles. The number of rotatable bonds is 5. The van der Waals surface area contributed by atoms with Crippen molar-refractivity contribution in [1.82, 2.24) is 0 Å². The monoisotopic (exact) mass is 270 g/mol. The second-order valence-electron chi connectivity index (χ2n) is 3.84. The third-order valence-electron chi connectivity index (χ3n) is 2.38. The number of nitrogens with two attached hydrogens (primary N) is 1. The van der Waals surface area contributed by atoms with Gasteiger partial charge in [0.1, 0.15) is 11.9 Å². The first-order valence-electron chi connectivity index (χ1n) is 5.62. The number of aromatic carboxylic acids is 1. The van der Waals surface area contributed by atoms with Gasteiger partial charge in [0.15, 0.2) is 0 Å². The first kappa shape index (κ1) is 14.7. The largest absolute Gasteiger partial charge is 0.478 e. The van der Waals surface area contributed by atoms with Crippen molar-refractivity contribution in [2.24, 2.45) is 0 Å². The fourth-order valence-electron chi connectivity index (χ4n) is 1.44. The topological polar surface area (TPSA) is 102 Å². The number of carboxylic acid groups (broad SMARTS) is 1. The van der Waals surface area contributed by atoms with Gasteiger partial charge in [-0.1, -0.05) is 0 Å². The van der Waals surface area contributed by atoms with Crippen molar-refractivity contribution < 1.29 is 23.8 Å². The fourth-order valence-corrected chi connectivity index (χ4v) is 1.44. The van der Waals surface area contributed by atoms with Crippen LogP contribution in [0.3, 0.4) is 0 Å². The summed E-state index contributed by atoms with van der Waals surface area (Å²) in [6, 6.07) is 1.21. The molecule has 0 saturated carbocycles. The second-order valence-corrected chi connectivity index (χ2v) is 3.84. The van der Waals surface area contributed by atoms with E-state index in [4.69, 9.17) is 15.6 Å². The molecule has 0 aromatic heterocycles. The quantitative estimate of drug-likeness (QED) is 0.553. The van der Waals surface area contributed by atoms with E-state index in [9.17, 15) is 14.0 Å². The molecule has 1 rings (SSSR count). The van der Waals surface area contributed by atoms with Crippen molar-refractivity contribution in [3.8, 4) is 0 Å². The van der Waals surface area contributed by atoms with E-state index < -0.39 is 29.4 Å². The first-order valence-corrected chi connectivity index (χ1v) is 5.62.